The lowest BCUT2D eigenvalue weighted by Gasteiger charge is -2.22. The second-order valence-corrected chi connectivity index (χ2v) is 16.9. The molecule has 10 aromatic carbocycles. The van der Waals surface area contributed by atoms with E-state index in [1.165, 1.54) is 81.3 Å². The van der Waals surface area contributed by atoms with Crippen molar-refractivity contribution in [2.45, 2.75) is 19.3 Å². The van der Waals surface area contributed by atoms with E-state index in [9.17, 15) is 0 Å². The van der Waals surface area contributed by atoms with Gasteiger partial charge in [-0.05, 0) is 71.9 Å². The Labute approximate surface area is 346 Å². The van der Waals surface area contributed by atoms with Crippen LogP contribution >= 0.6 is 0 Å². The predicted molar refractivity (Wildman–Crippen MR) is 252 cm³/mol. The molecule has 0 bridgehead atoms. The average Bonchev–Trinajstić information content (AvgIpc) is 3.76. The van der Waals surface area contributed by atoms with Crippen molar-refractivity contribution in [3.63, 3.8) is 0 Å². The van der Waals surface area contributed by atoms with Gasteiger partial charge in [0.1, 0.15) is 5.69 Å². The van der Waals surface area contributed by atoms with E-state index in [-0.39, 0.29) is 5.41 Å². The summed E-state index contributed by atoms with van der Waals surface area (Å²) in [4.78, 5) is 11.6. The van der Waals surface area contributed by atoms with Gasteiger partial charge in [-0.3, -0.25) is 4.57 Å². The predicted octanol–water partition coefficient (Wildman–Crippen LogP) is 15.0. The topological polar surface area (TPSA) is 30.7 Å². The molecule has 0 saturated heterocycles. The summed E-state index contributed by atoms with van der Waals surface area (Å²) < 4.78 is 2.43. The molecule has 1 aliphatic rings. The molecule has 280 valence electrons. The Balaban J connectivity index is 1.17. The first-order chi connectivity index (χ1) is 29.5. The fourth-order valence-corrected chi connectivity index (χ4v) is 10.4. The van der Waals surface area contributed by atoms with Crippen LogP contribution in [-0.2, 0) is 5.41 Å². The third kappa shape index (κ3) is 4.55. The van der Waals surface area contributed by atoms with E-state index in [1.54, 1.807) is 0 Å². The summed E-state index contributed by atoms with van der Waals surface area (Å²) in [5, 5.41) is 14.9. The zero-order valence-electron chi connectivity index (χ0n) is 33.2. The summed E-state index contributed by atoms with van der Waals surface area (Å²) >= 11 is 0. The van der Waals surface area contributed by atoms with Crippen LogP contribution in [0.5, 0.6) is 0 Å². The van der Waals surface area contributed by atoms with Gasteiger partial charge < -0.3 is 0 Å². The number of benzene rings is 10. The van der Waals surface area contributed by atoms with Gasteiger partial charge >= 0.3 is 0 Å². The lowest BCUT2D eigenvalue weighted by molar-refractivity contribution is 0.635. The molecule has 0 unspecified atom stereocenters. The smallest absolute Gasteiger partial charge is 0.165 e. The number of rotatable bonds is 3. The van der Waals surface area contributed by atoms with Gasteiger partial charge in [0.05, 0.1) is 22.4 Å². The standard InChI is InChI=1S/C57H37N3/c1-57(2)48-22-12-11-21-46(48)53-55(57)58-52(37-26-23-35(24-27-37)39-28-25-34-13-3-4-15-38(34)33-39)56(59-53)60-49-32-31-45-43-19-8-7-17-41(43)42-18-9-10-20-44(42)50(45)51(49)47-30-29-36-14-5-6-16-40(36)54(47)60/h3-33H,1-2H3. The first kappa shape index (κ1) is 33.4. The van der Waals surface area contributed by atoms with Crippen molar-refractivity contribution in [1.82, 2.24) is 14.5 Å². The second-order valence-electron chi connectivity index (χ2n) is 16.9. The normalized spacial score (nSPS) is 13.3. The van der Waals surface area contributed by atoms with E-state index in [2.05, 4.69) is 206 Å². The molecule has 0 saturated carbocycles. The van der Waals surface area contributed by atoms with Crippen LogP contribution in [-0.4, -0.2) is 14.5 Å². The summed E-state index contributed by atoms with van der Waals surface area (Å²) in [5.41, 5.74) is 10.6. The molecule has 2 heterocycles. The van der Waals surface area contributed by atoms with Gasteiger partial charge in [-0.15, -0.1) is 0 Å². The molecule has 0 amide bonds. The lowest BCUT2D eigenvalue weighted by Crippen LogP contribution is -2.18. The minimum absolute atomic E-state index is 0.319. The van der Waals surface area contributed by atoms with Gasteiger partial charge in [0, 0.05) is 38.1 Å². The van der Waals surface area contributed by atoms with E-state index in [0.717, 1.165) is 45.1 Å². The molecule has 60 heavy (non-hydrogen) atoms. The number of fused-ring (bicyclic) bond motifs is 16. The molecule has 13 rings (SSSR count). The van der Waals surface area contributed by atoms with Gasteiger partial charge in [-0.25, -0.2) is 9.97 Å². The van der Waals surface area contributed by atoms with E-state index < -0.39 is 0 Å². The highest BCUT2D eigenvalue weighted by Crippen LogP contribution is 2.50. The van der Waals surface area contributed by atoms with Crippen molar-refractivity contribution in [3.8, 4) is 39.5 Å². The Morgan fingerprint density at radius 3 is 1.75 bits per heavy atom. The Bertz CT molecular complexity index is 3760. The fourth-order valence-electron chi connectivity index (χ4n) is 10.4. The molecule has 12 aromatic rings. The molecule has 3 nitrogen and oxygen atoms in total. The summed E-state index contributed by atoms with van der Waals surface area (Å²) in [5.74, 6) is 0.834. The maximum atomic E-state index is 5.82. The highest BCUT2D eigenvalue weighted by molar-refractivity contribution is 6.36. The van der Waals surface area contributed by atoms with Crippen molar-refractivity contribution in [2.75, 3.05) is 0 Å². The Morgan fingerprint density at radius 2 is 0.967 bits per heavy atom. The molecule has 0 radical (unpaired) electrons. The van der Waals surface area contributed by atoms with Crippen LogP contribution in [0.25, 0.3) is 115 Å². The van der Waals surface area contributed by atoms with E-state index >= 15 is 0 Å². The molecule has 0 atom stereocenters. The molecule has 0 aliphatic heterocycles. The van der Waals surface area contributed by atoms with Crippen LogP contribution in [0.4, 0.5) is 0 Å². The van der Waals surface area contributed by atoms with Crippen molar-refractivity contribution in [3.05, 3.63) is 199 Å². The third-order valence-electron chi connectivity index (χ3n) is 13.3. The van der Waals surface area contributed by atoms with Crippen LogP contribution in [0, 0.1) is 0 Å². The maximum absolute atomic E-state index is 5.82. The van der Waals surface area contributed by atoms with Crippen molar-refractivity contribution in [2.24, 2.45) is 0 Å². The summed E-state index contributed by atoms with van der Waals surface area (Å²) in [6, 6.07) is 68.7. The monoisotopic (exact) mass is 763 g/mol. The van der Waals surface area contributed by atoms with Gasteiger partial charge in [0.2, 0.25) is 0 Å². The van der Waals surface area contributed by atoms with Crippen LogP contribution in [0.1, 0.15) is 25.1 Å². The molecule has 3 heteroatoms. The molecule has 1 aliphatic carbocycles. The Kier molecular flexibility index (Phi) is 6.78. The van der Waals surface area contributed by atoms with Crippen LogP contribution in [0.15, 0.2) is 188 Å². The SMILES string of the molecule is CC1(C)c2ccccc2-c2nc(-n3c4ccc5c6ccccc6c6ccccc6c5c4c4ccc5ccccc5c43)c(-c3ccc(-c4ccc5ccccc5c4)cc3)nc21. The molecule has 0 spiro atoms. The van der Waals surface area contributed by atoms with E-state index in [1.807, 2.05) is 0 Å². The van der Waals surface area contributed by atoms with Crippen LogP contribution < -0.4 is 0 Å². The largest absolute Gasteiger partial charge is 0.291 e. The summed E-state index contributed by atoms with van der Waals surface area (Å²) in [6.07, 6.45) is 0. The average molecular weight is 764 g/mol. The first-order valence-corrected chi connectivity index (χ1v) is 20.8. The van der Waals surface area contributed by atoms with Crippen LogP contribution in [0.3, 0.4) is 0 Å². The zero-order chi connectivity index (χ0) is 39.7. The number of aromatic nitrogens is 3. The minimum atomic E-state index is -0.319. The van der Waals surface area contributed by atoms with Crippen LogP contribution in [0.2, 0.25) is 0 Å². The minimum Gasteiger partial charge on any atom is -0.291 e. The van der Waals surface area contributed by atoms with Crippen molar-refractivity contribution < 1.29 is 0 Å². The first-order valence-electron chi connectivity index (χ1n) is 20.8. The molecule has 0 N–H and O–H groups in total. The number of nitrogens with zero attached hydrogens (tertiary/aromatic N) is 3. The summed E-state index contributed by atoms with van der Waals surface area (Å²) in [6.45, 7) is 4.57. The van der Waals surface area contributed by atoms with Gasteiger partial charge in [-0.2, -0.15) is 0 Å². The highest BCUT2D eigenvalue weighted by Gasteiger charge is 2.39. The second kappa shape index (κ2) is 12.2. The van der Waals surface area contributed by atoms with E-state index in [4.69, 9.17) is 9.97 Å². The molecule has 0 fully saturated rings. The quantitative estimate of drug-likeness (QED) is 0.168. The summed E-state index contributed by atoms with van der Waals surface area (Å²) in [7, 11) is 0. The van der Waals surface area contributed by atoms with Gasteiger partial charge in [0.25, 0.3) is 0 Å². The molecular formula is C57H37N3. The van der Waals surface area contributed by atoms with Gasteiger partial charge in [-0.1, -0.05) is 190 Å². The highest BCUT2D eigenvalue weighted by atomic mass is 15.1. The van der Waals surface area contributed by atoms with E-state index in [0.29, 0.717) is 0 Å². The lowest BCUT2D eigenvalue weighted by atomic mass is 9.85. The van der Waals surface area contributed by atoms with Crippen molar-refractivity contribution >= 4 is 75.7 Å². The Hall–Kier alpha value is -7.62. The number of hydrogen-bond donors (Lipinski definition) is 0. The van der Waals surface area contributed by atoms with Crippen molar-refractivity contribution in [1.29, 1.82) is 0 Å². The molecule has 2 aromatic heterocycles. The Morgan fingerprint density at radius 1 is 0.400 bits per heavy atom. The molecular weight excluding hydrogens is 727 g/mol. The third-order valence-corrected chi connectivity index (χ3v) is 13.3. The maximum Gasteiger partial charge on any atom is 0.165 e. The number of hydrogen-bond acceptors (Lipinski definition) is 2. The zero-order valence-corrected chi connectivity index (χ0v) is 33.2. The van der Waals surface area contributed by atoms with Gasteiger partial charge in [0.15, 0.2) is 5.82 Å². The fraction of sp³-hybridized carbons (Fsp3) is 0.0526.